The van der Waals surface area contributed by atoms with Crippen LogP contribution < -0.4 is 5.11 Å². The van der Waals surface area contributed by atoms with Gasteiger partial charge in [-0.15, -0.1) is 0 Å². The maximum absolute atomic E-state index is 10.6. The van der Waals surface area contributed by atoms with Crippen LogP contribution in [0, 0.1) is 17.3 Å². The summed E-state index contributed by atoms with van der Waals surface area (Å²) in [7, 11) is 0. The van der Waals surface area contributed by atoms with E-state index in [4.69, 9.17) is 11.6 Å². The summed E-state index contributed by atoms with van der Waals surface area (Å²) < 4.78 is 0. The summed E-state index contributed by atoms with van der Waals surface area (Å²) in [6, 6.07) is 0. The first-order valence-corrected chi connectivity index (χ1v) is 4.33. The standard InChI is InChI=1S/C9H11ClO3/c1-9(2)5(3-4-6(10)11)7(9)8(12)13/h3-5,7H,1-2H3,(H,12,13)/p-1/b4-3+. The van der Waals surface area contributed by atoms with Gasteiger partial charge < -0.3 is 9.90 Å². The second kappa shape index (κ2) is 3.14. The minimum absolute atomic E-state index is 0.139. The molecule has 4 heteroatoms. The van der Waals surface area contributed by atoms with Crippen molar-refractivity contribution in [2.24, 2.45) is 17.3 Å². The Morgan fingerprint density at radius 2 is 2.00 bits per heavy atom. The Morgan fingerprint density at radius 3 is 2.31 bits per heavy atom. The Morgan fingerprint density at radius 1 is 1.46 bits per heavy atom. The molecule has 3 nitrogen and oxygen atoms in total. The molecule has 0 saturated heterocycles. The quantitative estimate of drug-likeness (QED) is 0.489. The summed E-state index contributed by atoms with van der Waals surface area (Å²) in [5.41, 5.74) is -0.318. The number of aliphatic carboxylic acids is 1. The Balaban J connectivity index is 2.66. The van der Waals surface area contributed by atoms with E-state index in [0.717, 1.165) is 0 Å². The average molecular weight is 202 g/mol. The Hall–Kier alpha value is -0.830. The Bertz CT molecular complexity index is 281. The topological polar surface area (TPSA) is 57.2 Å². The summed E-state index contributed by atoms with van der Waals surface area (Å²) in [5.74, 6) is -1.71. The van der Waals surface area contributed by atoms with Crippen molar-refractivity contribution in [2.75, 3.05) is 0 Å². The third-order valence-electron chi connectivity index (χ3n) is 2.60. The van der Waals surface area contributed by atoms with Crippen LogP contribution in [0.4, 0.5) is 0 Å². The van der Waals surface area contributed by atoms with E-state index in [-0.39, 0.29) is 11.3 Å². The molecule has 0 amide bonds. The summed E-state index contributed by atoms with van der Waals surface area (Å²) >= 11 is 5.08. The highest BCUT2D eigenvalue weighted by molar-refractivity contribution is 6.66. The zero-order valence-electron chi connectivity index (χ0n) is 7.41. The Kier molecular flexibility index (Phi) is 2.48. The van der Waals surface area contributed by atoms with Gasteiger partial charge in [-0.3, -0.25) is 4.79 Å². The maximum atomic E-state index is 10.6. The van der Waals surface area contributed by atoms with Gasteiger partial charge in [-0.05, 0) is 29.0 Å². The molecule has 1 saturated carbocycles. The summed E-state index contributed by atoms with van der Waals surface area (Å²) in [5, 5.41) is 9.99. The number of hydrogen-bond donors (Lipinski definition) is 0. The predicted molar refractivity (Wildman–Crippen MR) is 45.8 cm³/mol. The fourth-order valence-corrected chi connectivity index (χ4v) is 1.74. The molecule has 2 unspecified atom stereocenters. The van der Waals surface area contributed by atoms with E-state index in [2.05, 4.69) is 0 Å². The second-order valence-electron chi connectivity index (χ2n) is 3.81. The van der Waals surface area contributed by atoms with E-state index in [1.165, 1.54) is 12.2 Å². The van der Waals surface area contributed by atoms with Gasteiger partial charge in [0, 0.05) is 11.9 Å². The van der Waals surface area contributed by atoms with Crippen LogP contribution in [0.2, 0.25) is 0 Å². The summed E-state index contributed by atoms with van der Waals surface area (Å²) in [4.78, 5) is 20.9. The van der Waals surface area contributed by atoms with Gasteiger partial charge in [0.15, 0.2) is 0 Å². The zero-order chi connectivity index (χ0) is 10.2. The molecule has 1 aliphatic rings. The fraction of sp³-hybridized carbons (Fsp3) is 0.556. The van der Waals surface area contributed by atoms with Crippen molar-refractivity contribution in [1.29, 1.82) is 0 Å². The number of rotatable bonds is 3. The van der Waals surface area contributed by atoms with Gasteiger partial charge in [0.1, 0.15) is 0 Å². The minimum Gasteiger partial charge on any atom is -0.550 e. The molecule has 0 radical (unpaired) electrons. The molecule has 0 heterocycles. The lowest BCUT2D eigenvalue weighted by molar-refractivity contribution is -0.309. The first-order valence-electron chi connectivity index (χ1n) is 3.96. The normalized spacial score (nSPS) is 30.4. The number of carbonyl (C=O) groups excluding carboxylic acids is 2. The van der Waals surface area contributed by atoms with Gasteiger partial charge in [-0.2, -0.15) is 0 Å². The molecular weight excluding hydrogens is 192 g/mol. The first kappa shape index (κ1) is 10.3. The second-order valence-corrected chi connectivity index (χ2v) is 4.18. The van der Waals surface area contributed by atoms with E-state index in [0.29, 0.717) is 0 Å². The van der Waals surface area contributed by atoms with Crippen LogP contribution in [0.5, 0.6) is 0 Å². The molecule has 1 fully saturated rings. The molecule has 0 aromatic heterocycles. The van der Waals surface area contributed by atoms with Crippen molar-refractivity contribution in [1.82, 2.24) is 0 Å². The highest BCUT2D eigenvalue weighted by Crippen LogP contribution is 2.58. The maximum Gasteiger partial charge on any atom is 0.244 e. The monoisotopic (exact) mass is 201 g/mol. The number of carbonyl (C=O) groups is 2. The molecule has 1 aliphatic carbocycles. The number of halogens is 1. The summed E-state index contributed by atoms with van der Waals surface area (Å²) in [6.45, 7) is 3.64. The van der Waals surface area contributed by atoms with Crippen LogP contribution in [0.1, 0.15) is 13.8 Å². The van der Waals surface area contributed by atoms with Gasteiger partial charge >= 0.3 is 0 Å². The van der Waals surface area contributed by atoms with E-state index in [1.54, 1.807) is 0 Å². The van der Waals surface area contributed by atoms with Crippen molar-refractivity contribution in [3.63, 3.8) is 0 Å². The molecule has 72 valence electrons. The van der Waals surface area contributed by atoms with Crippen LogP contribution in [0.25, 0.3) is 0 Å². The molecule has 0 N–H and O–H groups in total. The van der Waals surface area contributed by atoms with Gasteiger partial charge in [-0.25, -0.2) is 0 Å². The molecule has 0 spiro atoms. The number of allylic oxidation sites excluding steroid dienone is 2. The van der Waals surface area contributed by atoms with E-state index in [9.17, 15) is 14.7 Å². The van der Waals surface area contributed by atoms with E-state index >= 15 is 0 Å². The zero-order valence-corrected chi connectivity index (χ0v) is 8.17. The molecule has 0 aromatic rings. The molecule has 13 heavy (non-hydrogen) atoms. The van der Waals surface area contributed by atoms with Crippen molar-refractivity contribution >= 4 is 22.8 Å². The van der Waals surface area contributed by atoms with Crippen LogP contribution in [-0.4, -0.2) is 11.2 Å². The van der Waals surface area contributed by atoms with Crippen LogP contribution in [-0.2, 0) is 9.59 Å². The van der Waals surface area contributed by atoms with Crippen molar-refractivity contribution in [2.45, 2.75) is 13.8 Å². The summed E-state index contributed by atoms with van der Waals surface area (Å²) in [6.07, 6.45) is 2.73. The smallest absolute Gasteiger partial charge is 0.244 e. The highest BCUT2D eigenvalue weighted by atomic mass is 35.5. The van der Waals surface area contributed by atoms with E-state index in [1.807, 2.05) is 13.8 Å². The van der Waals surface area contributed by atoms with Gasteiger partial charge in [-0.1, -0.05) is 19.9 Å². The average Bonchev–Trinajstić information content (AvgIpc) is 2.48. The van der Waals surface area contributed by atoms with Crippen LogP contribution in [0.3, 0.4) is 0 Å². The van der Waals surface area contributed by atoms with Crippen molar-refractivity contribution < 1.29 is 14.7 Å². The first-order chi connectivity index (χ1) is 5.87. The lowest BCUT2D eigenvalue weighted by Crippen LogP contribution is -2.26. The number of carboxylic acids is 1. The largest absolute Gasteiger partial charge is 0.550 e. The predicted octanol–water partition coefficient (Wildman–Crippen LogP) is 0.330. The molecule has 2 atom stereocenters. The molecule has 0 aliphatic heterocycles. The SMILES string of the molecule is CC1(C)C(/C=C/C(=O)Cl)C1C(=O)[O-]. The van der Waals surface area contributed by atoms with Crippen molar-refractivity contribution in [3.05, 3.63) is 12.2 Å². The molecular formula is C9H10ClO3-. The molecule has 0 aromatic carbocycles. The Labute approximate surface area is 81.4 Å². The lowest BCUT2D eigenvalue weighted by atomic mass is 10.1. The van der Waals surface area contributed by atoms with Crippen molar-refractivity contribution in [3.8, 4) is 0 Å². The van der Waals surface area contributed by atoms with Crippen LogP contribution >= 0.6 is 11.6 Å². The highest BCUT2D eigenvalue weighted by Gasteiger charge is 2.56. The number of carboxylic acid groups (broad SMARTS) is 1. The lowest BCUT2D eigenvalue weighted by Gasteiger charge is -2.01. The third kappa shape index (κ3) is 1.91. The van der Waals surface area contributed by atoms with E-state index < -0.39 is 17.1 Å². The van der Waals surface area contributed by atoms with Crippen LogP contribution in [0.15, 0.2) is 12.2 Å². The third-order valence-corrected chi connectivity index (χ3v) is 2.73. The van der Waals surface area contributed by atoms with Gasteiger partial charge in [0.2, 0.25) is 5.24 Å². The fourth-order valence-electron chi connectivity index (χ4n) is 1.67. The molecule has 0 bridgehead atoms. The van der Waals surface area contributed by atoms with Gasteiger partial charge in [0.05, 0.1) is 0 Å². The van der Waals surface area contributed by atoms with Gasteiger partial charge in [0.25, 0.3) is 0 Å². The minimum atomic E-state index is -1.07. The molecule has 1 rings (SSSR count). The number of hydrogen-bond acceptors (Lipinski definition) is 3.